The summed E-state index contributed by atoms with van der Waals surface area (Å²) in [6.07, 6.45) is 3.00. The smallest absolute Gasteiger partial charge is 0.259 e. The van der Waals surface area contributed by atoms with Gasteiger partial charge in [-0.1, -0.05) is 30.3 Å². The van der Waals surface area contributed by atoms with Crippen molar-refractivity contribution >= 4 is 28.6 Å². The van der Waals surface area contributed by atoms with Gasteiger partial charge in [0.15, 0.2) is 0 Å². The number of benzene rings is 2. The summed E-state index contributed by atoms with van der Waals surface area (Å²) in [5, 5.41) is 9.18. The van der Waals surface area contributed by atoms with E-state index in [0.29, 0.717) is 5.76 Å². The summed E-state index contributed by atoms with van der Waals surface area (Å²) in [5.74, 6) is 0.360. The molecule has 0 saturated carbocycles. The summed E-state index contributed by atoms with van der Waals surface area (Å²) in [4.78, 5) is 11.7. The van der Waals surface area contributed by atoms with Crippen LogP contribution in [0.1, 0.15) is 5.76 Å². The van der Waals surface area contributed by atoms with E-state index in [1.54, 1.807) is 18.4 Å². The normalized spacial score (nSPS) is 10.9. The maximum absolute atomic E-state index is 11.7. The van der Waals surface area contributed by atoms with E-state index < -0.39 is 0 Å². The molecule has 0 saturated heterocycles. The summed E-state index contributed by atoms with van der Waals surface area (Å²) < 4.78 is 5.07. The summed E-state index contributed by atoms with van der Waals surface area (Å²) in [6.45, 7) is 0.147. The Morgan fingerprint density at radius 2 is 1.95 bits per heavy atom. The van der Waals surface area contributed by atoms with Gasteiger partial charge in [0.1, 0.15) is 5.76 Å². The van der Waals surface area contributed by atoms with E-state index in [0.717, 1.165) is 11.1 Å². The molecule has 2 aromatic carbocycles. The molecule has 3 aromatic rings. The molecule has 0 radical (unpaired) electrons. The number of amides is 1. The van der Waals surface area contributed by atoms with Gasteiger partial charge in [-0.25, -0.2) is 5.43 Å². The minimum atomic E-state index is -0.226. The van der Waals surface area contributed by atoms with Crippen LogP contribution >= 0.6 is 0 Å². The number of nitrogens with zero attached hydrogens (tertiary/aromatic N) is 1. The van der Waals surface area contributed by atoms with Gasteiger partial charge in [-0.3, -0.25) is 4.79 Å². The van der Waals surface area contributed by atoms with Crippen LogP contribution in [0, 0.1) is 0 Å². The predicted octanol–water partition coefficient (Wildman–Crippen LogP) is 3.00. The number of hydrogen-bond acceptors (Lipinski definition) is 4. The first-order valence-corrected chi connectivity index (χ1v) is 6.89. The molecule has 0 aliphatic carbocycles. The zero-order valence-corrected chi connectivity index (χ0v) is 11.8. The van der Waals surface area contributed by atoms with Crippen molar-refractivity contribution in [1.29, 1.82) is 0 Å². The summed E-state index contributed by atoms with van der Waals surface area (Å²) >= 11 is 0. The van der Waals surface area contributed by atoms with Gasteiger partial charge < -0.3 is 9.73 Å². The second kappa shape index (κ2) is 6.58. The standard InChI is InChI=1S/C17H15N3O2/c21-17(20-19-11-16-6-3-9-22-16)12-18-15-8-7-13-4-1-2-5-14(13)10-15/h1-11,18H,12H2,(H,20,21)/b19-11+. The molecule has 0 spiro atoms. The highest BCUT2D eigenvalue weighted by atomic mass is 16.3. The van der Waals surface area contributed by atoms with Gasteiger partial charge in [-0.15, -0.1) is 0 Å². The number of anilines is 1. The van der Waals surface area contributed by atoms with Crippen LogP contribution in [0.15, 0.2) is 70.4 Å². The van der Waals surface area contributed by atoms with Gasteiger partial charge >= 0.3 is 0 Å². The van der Waals surface area contributed by atoms with Crippen LogP contribution in [0.3, 0.4) is 0 Å². The van der Waals surface area contributed by atoms with E-state index in [9.17, 15) is 4.79 Å². The van der Waals surface area contributed by atoms with Crippen molar-refractivity contribution in [1.82, 2.24) is 5.43 Å². The number of rotatable bonds is 5. The first-order valence-electron chi connectivity index (χ1n) is 6.89. The molecule has 1 amide bonds. The third-order valence-electron chi connectivity index (χ3n) is 3.13. The van der Waals surface area contributed by atoms with Crippen molar-refractivity contribution in [2.45, 2.75) is 0 Å². The fourth-order valence-electron chi connectivity index (χ4n) is 2.05. The number of hydrazone groups is 1. The summed E-state index contributed by atoms with van der Waals surface area (Å²) in [5.41, 5.74) is 3.33. The molecule has 1 heterocycles. The lowest BCUT2D eigenvalue weighted by molar-refractivity contribution is -0.119. The molecular formula is C17H15N3O2. The largest absolute Gasteiger partial charge is 0.463 e. The number of nitrogens with one attached hydrogen (secondary N) is 2. The first kappa shape index (κ1) is 13.9. The molecule has 5 nitrogen and oxygen atoms in total. The molecule has 0 fully saturated rings. The highest BCUT2D eigenvalue weighted by Gasteiger charge is 2.00. The van der Waals surface area contributed by atoms with Crippen molar-refractivity contribution in [3.63, 3.8) is 0 Å². The Morgan fingerprint density at radius 3 is 2.77 bits per heavy atom. The van der Waals surface area contributed by atoms with Gasteiger partial charge in [0.25, 0.3) is 5.91 Å². The topological polar surface area (TPSA) is 66.6 Å². The fraction of sp³-hybridized carbons (Fsp3) is 0.0588. The van der Waals surface area contributed by atoms with E-state index in [4.69, 9.17) is 4.42 Å². The molecule has 0 aliphatic heterocycles. The van der Waals surface area contributed by atoms with Crippen molar-refractivity contribution in [3.05, 3.63) is 66.6 Å². The maximum Gasteiger partial charge on any atom is 0.259 e. The minimum Gasteiger partial charge on any atom is -0.463 e. The molecule has 5 heteroatoms. The number of hydrogen-bond donors (Lipinski definition) is 2. The molecule has 2 N–H and O–H groups in total. The van der Waals surface area contributed by atoms with Crippen LogP contribution in [0.4, 0.5) is 5.69 Å². The number of carbonyl (C=O) groups excluding carboxylic acids is 1. The van der Waals surface area contributed by atoms with Crippen molar-refractivity contribution in [3.8, 4) is 0 Å². The SMILES string of the molecule is O=C(CNc1ccc2ccccc2c1)N/N=C/c1ccco1. The number of carbonyl (C=O) groups is 1. The lowest BCUT2D eigenvalue weighted by Crippen LogP contribution is -2.25. The van der Waals surface area contributed by atoms with Gasteiger partial charge in [0.05, 0.1) is 19.0 Å². The van der Waals surface area contributed by atoms with E-state index in [1.165, 1.54) is 11.6 Å². The van der Waals surface area contributed by atoms with Crippen LogP contribution in [0.25, 0.3) is 10.8 Å². The van der Waals surface area contributed by atoms with Gasteiger partial charge in [0.2, 0.25) is 0 Å². The minimum absolute atomic E-state index is 0.147. The average molecular weight is 293 g/mol. The van der Waals surface area contributed by atoms with Crippen LogP contribution in [-0.4, -0.2) is 18.7 Å². The molecule has 0 unspecified atom stereocenters. The lowest BCUT2D eigenvalue weighted by Gasteiger charge is -2.06. The second-order valence-electron chi connectivity index (χ2n) is 4.72. The Labute approximate surface area is 127 Å². The zero-order chi connectivity index (χ0) is 15.2. The molecule has 22 heavy (non-hydrogen) atoms. The van der Waals surface area contributed by atoms with Gasteiger partial charge in [-0.05, 0) is 35.0 Å². The molecular weight excluding hydrogens is 278 g/mol. The van der Waals surface area contributed by atoms with Gasteiger partial charge in [0, 0.05) is 5.69 Å². The fourth-order valence-corrected chi connectivity index (χ4v) is 2.05. The average Bonchev–Trinajstić information content (AvgIpc) is 3.06. The van der Waals surface area contributed by atoms with Crippen LogP contribution in [0.2, 0.25) is 0 Å². The summed E-state index contributed by atoms with van der Waals surface area (Å²) in [7, 11) is 0. The molecule has 0 atom stereocenters. The Kier molecular flexibility index (Phi) is 4.15. The predicted molar refractivity (Wildman–Crippen MR) is 86.9 cm³/mol. The quantitative estimate of drug-likeness (QED) is 0.561. The first-order chi connectivity index (χ1) is 10.8. The molecule has 0 aliphatic rings. The molecule has 0 bridgehead atoms. The number of furan rings is 1. The molecule has 3 rings (SSSR count). The van der Waals surface area contributed by atoms with Crippen LogP contribution in [-0.2, 0) is 4.79 Å². The number of fused-ring (bicyclic) bond motifs is 1. The highest BCUT2D eigenvalue weighted by molar-refractivity contribution is 5.87. The maximum atomic E-state index is 11.7. The van der Waals surface area contributed by atoms with E-state index >= 15 is 0 Å². The molecule has 1 aromatic heterocycles. The Balaban J connectivity index is 1.53. The Morgan fingerprint density at radius 1 is 1.09 bits per heavy atom. The van der Waals surface area contributed by atoms with E-state index in [2.05, 4.69) is 21.9 Å². The molecule has 110 valence electrons. The third-order valence-corrected chi connectivity index (χ3v) is 3.13. The second-order valence-corrected chi connectivity index (χ2v) is 4.72. The van der Waals surface area contributed by atoms with E-state index in [1.807, 2.05) is 36.4 Å². The zero-order valence-electron chi connectivity index (χ0n) is 11.8. The lowest BCUT2D eigenvalue weighted by atomic mass is 10.1. The monoisotopic (exact) mass is 293 g/mol. The Hall–Kier alpha value is -3.08. The summed E-state index contributed by atoms with van der Waals surface area (Å²) in [6, 6.07) is 17.6. The highest BCUT2D eigenvalue weighted by Crippen LogP contribution is 2.18. The third kappa shape index (κ3) is 3.52. The van der Waals surface area contributed by atoms with Crippen molar-refractivity contribution in [2.24, 2.45) is 5.10 Å². The van der Waals surface area contributed by atoms with E-state index in [-0.39, 0.29) is 12.5 Å². The van der Waals surface area contributed by atoms with Crippen molar-refractivity contribution < 1.29 is 9.21 Å². The van der Waals surface area contributed by atoms with Gasteiger partial charge in [-0.2, -0.15) is 5.10 Å². The van der Waals surface area contributed by atoms with Crippen LogP contribution < -0.4 is 10.7 Å². The Bertz CT molecular complexity index is 795. The van der Waals surface area contributed by atoms with Crippen LogP contribution in [0.5, 0.6) is 0 Å². The van der Waals surface area contributed by atoms with Crippen molar-refractivity contribution in [2.75, 3.05) is 11.9 Å².